The van der Waals surface area contributed by atoms with Crippen LogP contribution in [0.2, 0.25) is 0 Å². The van der Waals surface area contributed by atoms with Crippen molar-refractivity contribution in [2.45, 2.75) is 139 Å². The van der Waals surface area contributed by atoms with Crippen LogP contribution in [-0.2, 0) is 44.9 Å². The van der Waals surface area contributed by atoms with E-state index in [-0.39, 0.29) is 37.3 Å². The number of thiazole rings is 1. The summed E-state index contributed by atoms with van der Waals surface area (Å²) in [6, 6.07) is 5.99. The minimum absolute atomic E-state index is 0.126. The van der Waals surface area contributed by atoms with Gasteiger partial charge in [-0.25, -0.2) is 18.4 Å². The first-order valence-corrected chi connectivity index (χ1v) is 24.4. The molecular weight excluding hydrogens is 931 g/mol. The monoisotopic (exact) mass is 982 g/mol. The van der Waals surface area contributed by atoms with Gasteiger partial charge >= 0.3 is 18.3 Å². The highest BCUT2D eigenvalue weighted by molar-refractivity contribution is 7.91. The SMILES string of the molecule is CC[C@@H]1O[C@H](C)CC/C=C\[C@@H]2C[C@@]2(C(=O)NS(=O)(=O)C2(C)CC2)CC(=O)[C@@H]2C[C@@H](Oc3cc(-c4ccc(C(F)(F)F)cc4)nc(-c4nccs4)c3)CN2C(=O)[C@H]1CC(=O)OC(C)(C)C(F)(F)F. The molecule has 2 aliphatic heterocycles. The van der Waals surface area contributed by atoms with Gasteiger partial charge in [0, 0.05) is 42.1 Å². The van der Waals surface area contributed by atoms with Crippen molar-refractivity contribution in [2.24, 2.45) is 17.3 Å². The Bertz CT molecular complexity index is 2490. The number of sulfonamides is 1. The number of allylic oxidation sites excluding steroid dienone is 2. The maximum atomic E-state index is 15.1. The van der Waals surface area contributed by atoms with Gasteiger partial charge in [-0.05, 0) is 84.3 Å². The van der Waals surface area contributed by atoms with Crippen LogP contribution in [0.5, 0.6) is 5.75 Å². The van der Waals surface area contributed by atoms with E-state index in [2.05, 4.69) is 14.7 Å². The molecule has 7 atom stereocenters. The predicted molar refractivity (Wildman–Crippen MR) is 233 cm³/mol. The van der Waals surface area contributed by atoms with Crippen molar-refractivity contribution in [3.05, 3.63) is 65.7 Å². The first-order chi connectivity index (χ1) is 31.3. The number of ketones is 1. The van der Waals surface area contributed by atoms with Gasteiger partial charge in [-0.3, -0.25) is 23.9 Å². The number of esters is 1. The minimum atomic E-state index is -4.95. The molecule has 3 aromatic rings. The predicted octanol–water partition coefficient (Wildman–Crippen LogP) is 8.63. The molecule has 13 nitrogen and oxygen atoms in total. The Morgan fingerprint density at radius 1 is 1.04 bits per heavy atom. The van der Waals surface area contributed by atoms with Crippen LogP contribution in [0.3, 0.4) is 0 Å². The van der Waals surface area contributed by atoms with E-state index >= 15 is 4.79 Å². The molecule has 1 saturated heterocycles. The highest BCUT2D eigenvalue weighted by Crippen LogP contribution is 2.58. The largest absolute Gasteiger partial charge is 0.488 e. The zero-order valence-electron chi connectivity index (χ0n) is 37.4. The van der Waals surface area contributed by atoms with Gasteiger partial charge in [-0.2, -0.15) is 26.3 Å². The molecule has 1 N–H and O–H groups in total. The smallest absolute Gasteiger partial charge is 0.427 e. The molecular formula is C46H52F6N4O9S2. The molecule has 0 bridgehead atoms. The molecule has 1 aromatic carbocycles. The molecule has 7 rings (SSSR count). The van der Waals surface area contributed by atoms with Crippen molar-refractivity contribution in [1.29, 1.82) is 0 Å². The van der Waals surface area contributed by atoms with Gasteiger partial charge in [0.25, 0.3) is 0 Å². The lowest BCUT2D eigenvalue weighted by atomic mass is 9.90. The quantitative estimate of drug-likeness (QED) is 0.111. The fraction of sp³-hybridized carbons (Fsp3) is 0.565. The maximum Gasteiger partial charge on any atom is 0.427 e. The third kappa shape index (κ3) is 10.9. The van der Waals surface area contributed by atoms with E-state index in [1.54, 1.807) is 31.4 Å². The number of aromatic nitrogens is 2. The lowest BCUT2D eigenvalue weighted by Crippen LogP contribution is -2.50. The third-order valence-electron chi connectivity index (χ3n) is 13.2. The van der Waals surface area contributed by atoms with Crippen molar-refractivity contribution in [1.82, 2.24) is 19.6 Å². The van der Waals surface area contributed by atoms with E-state index in [1.807, 2.05) is 0 Å². The number of Topliss-reactive ketones (excluding diaryl/α,β-unsaturated/α-hetero) is 1. The zero-order chi connectivity index (χ0) is 48.9. The first kappa shape index (κ1) is 50.0. The number of hydrogen-bond acceptors (Lipinski definition) is 12. The first-order valence-electron chi connectivity index (χ1n) is 22.0. The fourth-order valence-corrected chi connectivity index (χ4v) is 10.5. The molecule has 3 fully saturated rings. The molecule has 0 radical (unpaired) electrons. The van der Waals surface area contributed by atoms with Gasteiger partial charge in [0.05, 0.1) is 58.6 Å². The van der Waals surface area contributed by atoms with E-state index in [0.717, 1.165) is 12.1 Å². The molecule has 21 heteroatoms. The van der Waals surface area contributed by atoms with Gasteiger partial charge in [-0.15, -0.1) is 11.3 Å². The minimum Gasteiger partial charge on any atom is -0.488 e. The Labute approximate surface area is 388 Å². The number of carbonyl (C=O) groups excluding carboxylic acids is 4. The van der Waals surface area contributed by atoms with Gasteiger partial charge in [-0.1, -0.05) is 31.2 Å². The topological polar surface area (TPSA) is 171 Å². The van der Waals surface area contributed by atoms with Crippen LogP contribution in [0.15, 0.2) is 60.1 Å². The molecule has 2 saturated carbocycles. The van der Waals surface area contributed by atoms with Gasteiger partial charge < -0.3 is 19.1 Å². The second-order valence-corrected chi connectivity index (χ2v) is 21.7. The number of nitrogens with one attached hydrogen (secondary N) is 1. The van der Waals surface area contributed by atoms with Crippen LogP contribution in [-0.4, -0.2) is 94.3 Å². The number of benzene rings is 1. The highest BCUT2D eigenvalue weighted by atomic mass is 32.2. The lowest BCUT2D eigenvalue weighted by molar-refractivity contribution is -0.258. The Kier molecular flexibility index (Phi) is 13.8. The van der Waals surface area contributed by atoms with Gasteiger partial charge in [0.1, 0.15) is 22.6 Å². The second-order valence-electron chi connectivity index (χ2n) is 18.7. The maximum absolute atomic E-state index is 15.1. The summed E-state index contributed by atoms with van der Waals surface area (Å²) < 4.78 is 128. The molecule has 0 unspecified atom stereocenters. The zero-order valence-corrected chi connectivity index (χ0v) is 39.0. The number of amides is 2. The molecule has 4 aliphatic rings. The van der Waals surface area contributed by atoms with Crippen molar-refractivity contribution in [3.8, 4) is 27.7 Å². The summed E-state index contributed by atoms with van der Waals surface area (Å²) in [6.45, 7) is 5.99. The third-order valence-corrected chi connectivity index (χ3v) is 16.2. The Hall–Kier alpha value is -4.89. The van der Waals surface area contributed by atoms with Gasteiger partial charge in [0.2, 0.25) is 27.4 Å². The van der Waals surface area contributed by atoms with Gasteiger partial charge in [0.15, 0.2) is 5.78 Å². The van der Waals surface area contributed by atoms with E-state index in [4.69, 9.17) is 14.2 Å². The summed E-state index contributed by atoms with van der Waals surface area (Å²) in [7, 11) is -4.12. The van der Waals surface area contributed by atoms with Crippen molar-refractivity contribution in [2.75, 3.05) is 6.54 Å². The number of hydrogen-bond donors (Lipinski definition) is 1. The number of alkyl halides is 6. The Balaban J connectivity index is 1.26. The van der Waals surface area contributed by atoms with Crippen LogP contribution in [0.4, 0.5) is 26.3 Å². The summed E-state index contributed by atoms with van der Waals surface area (Å²) in [5, 5.41) is 2.14. The van der Waals surface area contributed by atoms with Crippen molar-refractivity contribution < 1.29 is 68.1 Å². The normalized spacial score (nSPS) is 27.5. The molecule has 0 spiro atoms. The number of nitrogens with zero attached hydrogens (tertiary/aromatic N) is 3. The lowest BCUT2D eigenvalue weighted by Gasteiger charge is -2.34. The van der Waals surface area contributed by atoms with E-state index in [9.17, 15) is 49.1 Å². The van der Waals surface area contributed by atoms with Crippen LogP contribution in [0.25, 0.3) is 22.0 Å². The number of fused-ring (bicyclic) bond motifs is 2. The van der Waals surface area contributed by atoms with Crippen LogP contribution in [0, 0.1) is 17.3 Å². The second kappa shape index (κ2) is 18.5. The average molecular weight is 983 g/mol. The summed E-state index contributed by atoms with van der Waals surface area (Å²) in [5.41, 5.74) is -4.47. The molecule has 4 heterocycles. The number of rotatable bonds is 11. The Morgan fingerprint density at radius 2 is 1.73 bits per heavy atom. The van der Waals surface area contributed by atoms with E-state index in [0.29, 0.717) is 55.8 Å². The van der Waals surface area contributed by atoms with Crippen molar-refractivity contribution >= 4 is 44.9 Å². The number of ether oxygens (including phenoxy) is 3. The van der Waals surface area contributed by atoms with Crippen LogP contribution < -0.4 is 9.46 Å². The van der Waals surface area contributed by atoms with Crippen molar-refractivity contribution in [3.63, 3.8) is 0 Å². The van der Waals surface area contributed by atoms with Crippen LogP contribution in [0.1, 0.15) is 98.0 Å². The molecule has 67 heavy (non-hydrogen) atoms. The summed E-state index contributed by atoms with van der Waals surface area (Å²) >= 11 is 1.23. The van der Waals surface area contributed by atoms with E-state index in [1.165, 1.54) is 53.6 Å². The molecule has 2 aromatic heterocycles. The number of carbonyl (C=O) groups is 4. The van der Waals surface area contributed by atoms with E-state index < -0.39 is 116 Å². The summed E-state index contributed by atoms with van der Waals surface area (Å²) in [5.74, 6) is -5.49. The standard InChI is InChI=1S/C46H52F6N4O9S2/c1-6-37-32(22-38(58)65-42(3,4)46(50,51)52)40(59)56-25-31(64-30-19-33(54-34(20-30)39-53-17-18-66-39)27-11-13-28(14-12-27)45(47,48)49)21-35(56)36(57)24-44(23-29(44)10-8-7-9-26(2)63-37)41(60)55-67(61,62)43(5)15-16-43/h8,10-14,17-20,26,29,31-32,35,37H,6-7,9,15-16,21-25H2,1-5H3,(H,55,60)/b10-8-/t26-,29-,31-,32+,35+,37+,44-/m1/s1. The number of halogens is 6. The molecule has 2 aliphatic carbocycles. The molecule has 364 valence electrons. The highest BCUT2D eigenvalue weighted by Gasteiger charge is 2.63. The summed E-state index contributed by atoms with van der Waals surface area (Å²) in [6.07, 6.45) is -6.77. The molecule has 2 amide bonds. The van der Waals surface area contributed by atoms with Crippen LogP contribution >= 0.6 is 11.3 Å². The fourth-order valence-electron chi connectivity index (χ4n) is 8.57. The Morgan fingerprint density at radius 3 is 2.34 bits per heavy atom. The average Bonchev–Trinajstić information content (AvgIpc) is 4.00. The number of pyridine rings is 1. The summed E-state index contributed by atoms with van der Waals surface area (Å²) in [4.78, 5) is 67.6.